The molecule has 0 bridgehead atoms. The summed E-state index contributed by atoms with van der Waals surface area (Å²) in [4.78, 5) is 3.90. The summed E-state index contributed by atoms with van der Waals surface area (Å²) in [6.45, 7) is 6.91. The third kappa shape index (κ3) is 2.83. The number of thiophene rings is 1. The van der Waals surface area contributed by atoms with Crippen LogP contribution in [-0.2, 0) is 13.0 Å². The van der Waals surface area contributed by atoms with Crippen molar-refractivity contribution in [1.82, 2.24) is 5.32 Å². The van der Waals surface area contributed by atoms with E-state index >= 15 is 0 Å². The number of hydrogen-bond donors (Lipinski definition) is 1. The molecule has 1 aliphatic rings. The van der Waals surface area contributed by atoms with E-state index in [0.717, 1.165) is 30.8 Å². The zero-order valence-corrected chi connectivity index (χ0v) is 13.3. The largest absolute Gasteiger partial charge is 0.364 e. The van der Waals surface area contributed by atoms with E-state index < -0.39 is 0 Å². The Balaban J connectivity index is 1.93. The second-order valence-corrected chi connectivity index (χ2v) is 6.47. The Kier molecular flexibility index (Phi) is 4.27. The molecule has 2 heterocycles. The van der Waals surface area contributed by atoms with Crippen LogP contribution in [0.4, 0.5) is 10.1 Å². The second kappa shape index (κ2) is 6.16. The molecule has 1 unspecified atom stereocenters. The van der Waals surface area contributed by atoms with Crippen LogP contribution in [0, 0.1) is 5.82 Å². The molecule has 0 radical (unpaired) electrons. The highest BCUT2D eigenvalue weighted by Crippen LogP contribution is 2.37. The summed E-state index contributed by atoms with van der Waals surface area (Å²) in [5.74, 6) is -0.160. The first kappa shape index (κ1) is 14.5. The average molecular weight is 304 g/mol. The van der Waals surface area contributed by atoms with E-state index in [1.807, 2.05) is 17.4 Å². The second-order valence-electron chi connectivity index (χ2n) is 5.47. The molecule has 2 aromatic rings. The standard InChI is InChI=1S/C17H21FN2S/c1-3-19-11-13-10-14(18)4-5-16(13)20-8-6-17-15(12(20)2)7-9-21-17/h4-5,7,9-10,12,19H,3,6,8,11H2,1-2H3. The Morgan fingerprint density at radius 2 is 2.24 bits per heavy atom. The van der Waals surface area contributed by atoms with Crippen LogP contribution in [0.5, 0.6) is 0 Å². The van der Waals surface area contributed by atoms with E-state index in [4.69, 9.17) is 0 Å². The monoisotopic (exact) mass is 304 g/mol. The molecule has 3 rings (SSSR count). The molecule has 0 spiro atoms. The maximum Gasteiger partial charge on any atom is 0.123 e. The molecule has 1 aliphatic heterocycles. The van der Waals surface area contributed by atoms with Gasteiger partial charge in [0, 0.05) is 23.7 Å². The summed E-state index contributed by atoms with van der Waals surface area (Å²) in [6, 6.07) is 7.74. The molecule has 0 amide bonds. The van der Waals surface area contributed by atoms with Crippen molar-refractivity contribution in [3.8, 4) is 0 Å². The lowest BCUT2D eigenvalue weighted by molar-refractivity contribution is 0.608. The van der Waals surface area contributed by atoms with Crippen molar-refractivity contribution >= 4 is 17.0 Å². The normalized spacial score (nSPS) is 17.9. The number of rotatable bonds is 4. The molecule has 0 saturated heterocycles. The number of nitrogens with one attached hydrogen (secondary N) is 1. The van der Waals surface area contributed by atoms with Crippen molar-refractivity contribution in [2.45, 2.75) is 32.9 Å². The minimum atomic E-state index is -0.160. The maximum atomic E-state index is 13.6. The molecule has 1 aromatic carbocycles. The Labute approximate surface area is 129 Å². The van der Waals surface area contributed by atoms with Gasteiger partial charge in [-0.05, 0) is 60.7 Å². The summed E-state index contributed by atoms with van der Waals surface area (Å²) >= 11 is 1.85. The van der Waals surface area contributed by atoms with Gasteiger partial charge in [0.25, 0.3) is 0 Å². The zero-order chi connectivity index (χ0) is 14.8. The number of fused-ring (bicyclic) bond motifs is 1. The van der Waals surface area contributed by atoms with E-state index in [9.17, 15) is 4.39 Å². The third-order valence-corrected chi connectivity index (χ3v) is 5.19. The predicted molar refractivity (Wildman–Crippen MR) is 87.6 cm³/mol. The fourth-order valence-corrected chi connectivity index (χ4v) is 4.04. The van der Waals surface area contributed by atoms with Crippen LogP contribution in [-0.4, -0.2) is 13.1 Å². The van der Waals surface area contributed by atoms with Crippen LogP contribution in [0.3, 0.4) is 0 Å². The Bertz CT molecular complexity index is 623. The molecule has 0 saturated carbocycles. The number of benzene rings is 1. The van der Waals surface area contributed by atoms with Crippen molar-refractivity contribution in [3.63, 3.8) is 0 Å². The van der Waals surface area contributed by atoms with Crippen molar-refractivity contribution in [1.29, 1.82) is 0 Å². The lowest BCUT2D eigenvalue weighted by atomic mass is 9.99. The van der Waals surface area contributed by atoms with Crippen molar-refractivity contribution in [3.05, 3.63) is 51.5 Å². The maximum absolute atomic E-state index is 13.6. The number of anilines is 1. The smallest absolute Gasteiger partial charge is 0.123 e. The highest BCUT2D eigenvalue weighted by atomic mass is 32.1. The van der Waals surface area contributed by atoms with E-state index in [-0.39, 0.29) is 5.82 Å². The number of hydrogen-bond acceptors (Lipinski definition) is 3. The molecule has 1 N–H and O–H groups in total. The molecule has 2 nitrogen and oxygen atoms in total. The van der Waals surface area contributed by atoms with Gasteiger partial charge < -0.3 is 10.2 Å². The average Bonchev–Trinajstić information content (AvgIpc) is 2.96. The Morgan fingerprint density at radius 3 is 3.05 bits per heavy atom. The molecule has 0 fully saturated rings. The molecular weight excluding hydrogens is 283 g/mol. The van der Waals surface area contributed by atoms with Gasteiger partial charge in [-0.1, -0.05) is 6.92 Å². The predicted octanol–water partition coefficient (Wildman–Crippen LogP) is 4.12. The molecule has 1 aromatic heterocycles. The molecule has 112 valence electrons. The van der Waals surface area contributed by atoms with Gasteiger partial charge in [0.1, 0.15) is 5.82 Å². The topological polar surface area (TPSA) is 15.3 Å². The van der Waals surface area contributed by atoms with Gasteiger partial charge >= 0.3 is 0 Å². The number of halogens is 1. The minimum Gasteiger partial charge on any atom is -0.364 e. The summed E-state index contributed by atoms with van der Waals surface area (Å²) in [5.41, 5.74) is 3.62. The van der Waals surface area contributed by atoms with E-state index in [2.05, 4.69) is 35.5 Å². The summed E-state index contributed by atoms with van der Waals surface area (Å²) in [7, 11) is 0. The van der Waals surface area contributed by atoms with Crippen LogP contribution < -0.4 is 10.2 Å². The van der Waals surface area contributed by atoms with Gasteiger partial charge in [-0.2, -0.15) is 0 Å². The van der Waals surface area contributed by atoms with Crippen LogP contribution >= 0.6 is 11.3 Å². The molecule has 4 heteroatoms. The van der Waals surface area contributed by atoms with Gasteiger partial charge in [0.2, 0.25) is 0 Å². The fraction of sp³-hybridized carbons (Fsp3) is 0.412. The summed E-state index contributed by atoms with van der Waals surface area (Å²) in [6.07, 6.45) is 1.08. The van der Waals surface area contributed by atoms with Crippen molar-refractivity contribution in [2.24, 2.45) is 0 Å². The first-order valence-corrected chi connectivity index (χ1v) is 8.40. The first-order chi connectivity index (χ1) is 10.2. The van der Waals surface area contributed by atoms with Crippen molar-refractivity contribution < 1.29 is 4.39 Å². The van der Waals surface area contributed by atoms with Crippen LogP contribution in [0.2, 0.25) is 0 Å². The quantitative estimate of drug-likeness (QED) is 0.914. The molecule has 1 atom stereocenters. The molecular formula is C17H21FN2S. The number of nitrogens with zero attached hydrogens (tertiary/aromatic N) is 1. The fourth-order valence-electron chi connectivity index (χ4n) is 3.07. The van der Waals surface area contributed by atoms with Crippen LogP contribution in [0.25, 0.3) is 0 Å². The molecule has 0 aliphatic carbocycles. The van der Waals surface area contributed by atoms with Gasteiger partial charge in [0.15, 0.2) is 0 Å². The van der Waals surface area contributed by atoms with E-state index in [0.29, 0.717) is 12.6 Å². The summed E-state index contributed by atoms with van der Waals surface area (Å²) < 4.78 is 13.6. The van der Waals surface area contributed by atoms with Crippen LogP contribution in [0.1, 0.15) is 35.9 Å². The van der Waals surface area contributed by atoms with Crippen LogP contribution in [0.15, 0.2) is 29.6 Å². The van der Waals surface area contributed by atoms with Gasteiger partial charge in [-0.15, -0.1) is 11.3 Å². The van der Waals surface area contributed by atoms with Crippen molar-refractivity contribution in [2.75, 3.05) is 18.0 Å². The Morgan fingerprint density at radius 1 is 1.38 bits per heavy atom. The van der Waals surface area contributed by atoms with Gasteiger partial charge in [-0.3, -0.25) is 0 Å². The Hall–Kier alpha value is -1.39. The lowest BCUT2D eigenvalue weighted by Crippen LogP contribution is -2.34. The minimum absolute atomic E-state index is 0.160. The van der Waals surface area contributed by atoms with E-state index in [1.54, 1.807) is 12.1 Å². The highest BCUT2D eigenvalue weighted by Gasteiger charge is 2.26. The van der Waals surface area contributed by atoms with Gasteiger partial charge in [-0.25, -0.2) is 4.39 Å². The molecule has 21 heavy (non-hydrogen) atoms. The lowest BCUT2D eigenvalue weighted by Gasteiger charge is -2.37. The SMILES string of the molecule is CCNCc1cc(F)ccc1N1CCc2sccc2C1C. The zero-order valence-electron chi connectivity index (χ0n) is 12.5. The highest BCUT2D eigenvalue weighted by molar-refractivity contribution is 7.10. The van der Waals surface area contributed by atoms with E-state index in [1.165, 1.54) is 10.4 Å². The van der Waals surface area contributed by atoms with Gasteiger partial charge in [0.05, 0.1) is 6.04 Å². The first-order valence-electron chi connectivity index (χ1n) is 7.52. The third-order valence-electron chi connectivity index (χ3n) is 4.19. The summed E-state index contributed by atoms with van der Waals surface area (Å²) in [5, 5.41) is 5.48.